The molecule has 3 rings (SSSR count). The summed E-state index contributed by atoms with van der Waals surface area (Å²) >= 11 is 5.94. The number of nitrogens with one attached hydrogen (secondary N) is 1. The maximum atomic E-state index is 12.5. The second-order valence-corrected chi connectivity index (χ2v) is 7.48. The number of rotatable bonds is 7. The number of aromatic nitrogens is 2. The molecule has 5 nitrogen and oxygen atoms in total. The molecule has 1 aromatic heterocycles. The molecule has 0 aliphatic heterocycles. The van der Waals surface area contributed by atoms with E-state index in [9.17, 15) is 18.0 Å². The summed E-state index contributed by atoms with van der Waals surface area (Å²) < 4.78 is 43.4. The zero-order chi connectivity index (χ0) is 22.6. The zero-order valence-corrected chi connectivity index (χ0v) is 17.7. The van der Waals surface area contributed by atoms with E-state index in [2.05, 4.69) is 10.4 Å². The van der Waals surface area contributed by atoms with E-state index in [1.54, 1.807) is 28.9 Å². The maximum Gasteiger partial charge on any atom is 0.422 e. The van der Waals surface area contributed by atoms with Crippen molar-refractivity contribution in [2.45, 2.75) is 33.0 Å². The van der Waals surface area contributed by atoms with Crippen molar-refractivity contribution in [1.82, 2.24) is 15.1 Å². The Morgan fingerprint density at radius 3 is 2.55 bits per heavy atom. The molecule has 0 aliphatic carbocycles. The minimum Gasteiger partial charge on any atom is -0.484 e. The van der Waals surface area contributed by atoms with Gasteiger partial charge in [0.2, 0.25) is 5.91 Å². The van der Waals surface area contributed by atoms with Crippen molar-refractivity contribution in [2.75, 3.05) is 6.61 Å². The van der Waals surface area contributed by atoms with Crippen molar-refractivity contribution in [3.63, 3.8) is 0 Å². The van der Waals surface area contributed by atoms with E-state index in [0.29, 0.717) is 10.6 Å². The molecule has 0 spiro atoms. The Labute approximate surface area is 182 Å². The van der Waals surface area contributed by atoms with E-state index in [1.165, 1.54) is 12.1 Å². The van der Waals surface area contributed by atoms with Gasteiger partial charge in [0.1, 0.15) is 5.75 Å². The first kappa shape index (κ1) is 22.7. The second-order valence-electron chi connectivity index (χ2n) is 7.04. The van der Waals surface area contributed by atoms with Gasteiger partial charge in [0, 0.05) is 22.8 Å². The number of carbonyl (C=O) groups is 1. The molecule has 0 atom stereocenters. The largest absolute Gasteiger partial charge is 0.484 e. The number of alkyl halides is 3. The van der Waals surface area contributed by atoms with Crippen LogP contribution in [0.4, 0.5) is 13.2 Å². The highest BCUT2D eigenvalue weighted by Crippen LogP contribution is 2.21. The fraction of sp³-hybridized carbons (Fsp3) is 0.273. The van der Waals surface area contributed by atoms with E-state index in [0.717, 1.165) is 22.6 Å². The number of aryl methyl sites for hydroxylation is 1. The summed E-state index contributed by atoms with van der Waals surface area (Å²) in [5, 5.41) is 7.93. The van der Waals surface area contributed by atoms with Gasteiger partial charge in [-0.25, -0.2) is 4.68 Å². The Kier molecular flexibility index (Phi) is 6.90. The normalized spacial score (nSPS) is 11.4. The van der Waals surface area contributed by atoms with Gasteiger partial charge in [-0.2, -0.15) is 18.3 Å². The van der Waals surface area contributed by atoms with Gasteiger partial charge in [-0.15, -0.1) is 0 Å². The number of amides is 1. The molecule has 9 heteroatoms. The fourth-order valence-electron chi connectivity index (χ4n) is 3.10. The van der Waals surface area contributed by atoms with Crippen LogP contribution in [0.3, 0.4) is 0 Å². The van der Waals surface area contributed by atoms with Crippen LogP contribution in [0.25, 0.3) is 5.69 Å². The van der Waals surface area contributed by atoms with Gasteiger partial charge in [0.25, 0.3) is 0 Å². The third-order valence-corrected chi connectivity index (χ3v) is 4.89. The summed E-state index contributed by atoms with van der Waals surface area (Å²) in [5.41, 5.74) is 3.88. The summed E-state index contributed by atoms with van der Waals surface area (Å²) in [6, 6.07) is 13.4. The van der Waals surface area contributed by atoms with E-state index in [4.69, 9.17) is 16.3 Å². The summed E-state index contributed by atoms with van der Waals surface area (Å²) in [6.45, 7) is 2.53. The molecule has 31 heavy (non-hydrogen) atoms. The second kappa shape index (κ2) is 9.43. The lowest BCUT2D eigenvalue weighted by molar-refractivity contribution is -0.153. The molecule has 2 aromatic carbocycles. The highest BCUT2D eigenvalue weighted by molar-refractivity contribution is 6.30. The summed E-state index contributed by atoms with van der Waals surface area (Å²) in [7, 11) is 0. The van der Waals surface area contributed by atoms with Gasteiger partial charge >= 0.3 is 6.18 Å². The number of benzene rings is 2. The number of hydrogen-bond donors (Lipinski definition) is 1. The van der Waals surface area contributed by atoms with Crippen LogP contribution < -0.4 is 10.1 Å². The highest BCUT2D eigenvalue weighted by Gasteiger charge is 2.28. The van der Waals surface area contributed by atoms with Gasteiger partial charge in [-0.05, 0) is 55.8 Å². The molecule has 1 N–H and O–H groups in total. The molecule has 1 heterocycles. The maximum absolute atomic E-state index is 12.5. The number of nitrogens with zero attached hydrogens (tertiary/aromatic N) is 2. The van der Waals surface area contributed by atoms with E-state index in [-0.39, 0.29) is 24.6 Å². The van der Waals surface area contributed by atoms with Crippen LogP contribution in [0.1, 0.15) is 22.5 Å². The molecule has 0 saturated carbocycles. The quantitative estimate of drug-likeness (QED) is 0.553. The van der Waals surface area contributed by atoms with E-state index >= 15 is 0 Å². The number of halogens is 4. The molecule has 0 fully saturated rings. The lowest BCUT2D eigenvalue weighted by Crippen LogP contribution is -2.25. The van der Waals surface area contributed by atoms with Gasteiger partial charge in [0.05, 0.1) is 17.8 Å². The molecule has 0 unspecified atom stereocenters. The molecular weight excluding hydrogens is 431 g/mol. The van der Waals surface area contributed by atoms with Crippen molar-refractivity contribution in [3.8, 4) is 11.4 Å². The predicted octanol–water partition coefficient (Wildman–Crippen LogP) is 4.94. The number of carbonyl (C=O) groups excluding carboxylic acids is 1. The monoisotopic (exact) mass is 451 g/mol. The third kappa shape index (κ3) is 6.24. The summed E-state index contributed by atoms with van der Waals surface area (Å²) in [5.74, 6) is -0.122. The minimum absolute atomic E-state index is 0.0972. The zero-order valence-electron chi connectivity index (χ0n) is 17.0. The highest BCUT2D eigenvalue weighted by atomic mass is 35.5. The minimum atomic E-state index is -4.41. The molecule has 0 radical (unpaired) electrons. The van der Waals surface area contributed by atoms with Crippen molar-refractivity contribution >= 4 is 17.5 Å². The lowest BCUT2D eigenvalue weighted by Gasteiger charge is -2.11. The summed E-state index contributed by atoms with van der Waals surface area (Å²) in [4.78, 5) is 12.5. The van der Waals surface area contributed by atoms with Crippen LogP contribution in [0, 0.1) is 13.8 Å². The Bertz CT molecular complexity index is 1060. The van der Waals surface area contributed by atoms with E-state index < -0.39 is 12.8 Å². The van der Waals surface area contributed by atoms with E-state index in [1.807, 2.05) is 26.0 Å². The topological polar surface area (TPSA) is 56.2 Å². The molecular formula is C22H21ClF3N3O2. The molecule has 0 bridgehead atoms. The Morgan fingerprint density at radius 1 is 1.16 bits per heavy atom. The van der Waals surface area contributed by atoms with Crippen molar-refractivity contribution in [1.29, 1.82) is 0 Å². The van der Waals surface area contributed by atoms with Crippen LogP contribution in [0.2, 0.25) is 5.02 Å². The Morgan fingerprint density at radius 2 is 1.87 bits per heavy atom. The number of ether oxygens (including phenoxy) is 1. The van der Waals surface area contributed by atoms with Gasteiger partial charge in [-0.3, -0.25) is 4.79 Å². The van der Waals surface area contributed by atoms with Crippen LogP contribution >= 0.6 is 11.6 Å². The molecule has 3 aromatic rings. The van der Waals surface area contributed by atoms with Crippen LogP contribution in [-0.2, 0) is 17.8 Å². The predicted molar refractivity (Wildman–Crippen MR) is 112 cm³/mol. The van der Waals surface area contributed by atoms with Crippen molar-refractivity contribution in [2.24, 2.45) is 0 Å². The molecule has 164 valence electrons. The molecule has 1 amide bonds. The SMILES string of the molecule is Cc1nn(-c2ccc(Cl)cc2)c(C)c1CC(=O)NCc1cccc(OCC(F)(F)F)c1. The molecule has 0 saturated heterocycles. The first-order chi connectivity index (χ1) is 14.6. The smallest absolute Gasteiger partial charge is 0.422 e. The van der Waals surface area contributed by atoms with Crippen LogP contribution in [-0.4, -0.2) is 28.5 Å². The standard InChI is InChI=1S/C22H21ClF3N3O2/c1-14-20(15(2)29(28-14)18-8-6-17(23)7-9-18)11-21(30)27-12-16-4-3-5-19(10-16)31-13-22(24,25)26/h3-10H,11-13H2,1-2H3,(H,27,30). The van der Waals surface area contributed by atoms with Gasteiger partial charge in [0.15, 0.2) is 6.61 Å². The Hall–Kier alpha value is -3.00. The third-order valence-electron chi connectivity index (χ3n) is 4.64. The first-order valence-electron chi connectivity index (χ1n) is 9.48. The summed E-state index contributed by atoms with van der Waals surface area (Å²) in [6.07, 6.45) is -4.27. The van der Waals surface area contributed by atoms with Crippen molar-refractivity contribution in [3.05, 3.63) is 76.1 Å². The van der Waals surface area contributed by atoms with Gasteiger partial charge < -0.3 is 10.1 Å². The average molecular weight is 452 g/mol. The Balaban J connectivity index is 1.62. The van der Waals surface area contributed by atoms with Crippen molar-refractivity contribution < 1.29 is 22.7 Å². The average Bonchev–Trinajstić information content (AvgIpc) is 2.99. The first-order valence-corrected chi connectivity index (χ1v) is 9.86. The van der Waals surface area contributed by atoms with Crippen LogP contribution in [0.5, 0.6) is 5.75 Å². The van der Waals surface area contributed by atoms with Crippen LogP contribution in [0.15, 0.2) is 48.5 Å². The molecule has 0 aliphatic rings. The fourth-order valence-corrected chi connectivity index (χ4v) is 3.22. The van der Waals surface area contributed by atoms with Gasteiger partial charge in [-0.1, -0.05) is 23.7 Å². The number of hydrogen-bond acceptors (Lipinski definition) is 3. The lowest BCUT2D eigenvalue weighted by atomic mass is 10.1.